The molecular weight excluding hydrogens is 292 g/mol. The van der Waals surface area contributed by atoms with Gasteiger partial charge in [0.1, 0.15) is 12.3 Å². The van der Waals surface area contributed by atoms with Crippen LogP contribution in [-0.2, 0) is 16.6 Å². The number of nitrogens with one attached hydrogen (secondary N) is 1. The molecule has 2 heterocycles. The van der Waals surface area contributed by atoms with Crippen LogP contribution in [0.5, 0.6) is 0 Å². The van der Waals surface area contributed by atoms with Crippen molar-refractivity contribution in [2.24, 2.45) is 16.6 Å². The highest BCUT2D eigenvalue weighted by molar-refractivity contribution is 7.88. The molecule has 0 spiro atoms. The van der Waals surface area contributed by atoms with Gasteiger partial charge in [-0.25, -0.2) is 17.7 Å². The van der Waals surface area contributed by atoms with Gasteiger partial charge in [-0.15, -0.1) is 0 Å². The fourth-order valence-electron chi connectivity index (χ4n) is 2.32. The van der Waals surface area contributed by atoms with E-state index in [1.807, 2.05) is 12.1 Å². The molecule has 0 amide bonds. The molecule has 1 saturated heterocycles. The molecule has 0 radical (unpaired) electrons. The molecule has 1 aromatic heterocycles. The van der Waals surface area contributed by atoms with Crippen molar-refractivity contribution in [2.45, 2.75) is 19.4 Å². The van der Waals surface area contributed by atoms with Crippen LogP contribution in [0.2, 0.25) is 0 Å². The van der Waals surface area contributed by atoms with Gasteiger partial charge in [0.2, 0.25) is 10.0 Å². The molecule has 0 unspecified atom stereocenters. The largest absolute Gasteiger partial charge is 0.467 e. The van der Waals surface area contributed by atoms with Gasteiger partial charge >= 0.3 is 0 Å². The summed E-state index contributed by atoms with van der Waals surface area (Å²) in [4.78, 5) is 4.19. The molecule has 0 aliphatic carbocycles. The first-order valence-electron chi connectivity index (χ1n) is 6.96. The van der Waals surface area contributed by atoms with E-state index in [1.54, 1.807) is 6.26 Å². The van der Waals surface area contributed by atoms with E-state index in [4.69, 9.17) is 10.2 Å². The zero-order valence-corrected chi connectivity index (χ0v) is 13.0. The minimum absolute atomic E-state index is 0.386. The lowest BCUT2D eigenvalue weighted by Gasteiger charge is -2.30. The minimum Gasteiger partial charge on any atom is -0.467 e. The third-order valence-corrected chi connectivity index (χ3v) is 4.90. The van der Waals surface area contributed by atoms with Gasteiger partial charge in [0.15, 0.2) is 5.96 Å². The first-order valence-corrected chi connectivity index (χ1v) is 8.81. The van der Waals surface area contributed by atoms with Crippen molar-refractivity contribution in [1.82, 2.24) is 9.62 Å². The fraction of sp³-hybridized carbons (Fsp3) is 0.615. The Morgan fingerprint density at radius 3 is 2.81 bits per heavy atom. The number of rotatable bonds is 5. The molecule has 1 aliphatic heterocycles. The number of furan rings is 1. The van der Waals surface area contributed by atoms with E-state index in [2.05, 4.69) is 10.3 Å². The highest BCUT2D eigenvalue weighted by Crippen LogP contribution is 2.18. The summed E-state index contributed by atoms with van der Waals surface area (Å²) in [5.41, 5.74) is 5.79. The number of nitrogens with zero attached hydrogens (tertiary/aromatic N) is 2. The molecule has 0 bridgehead atoms. The molecule has 0 saturated carbocycles. The lowest BCUT2D eigenvalue weighted by Crippen LogP contribution is -2.42. The lowest BCUT2D eigenvalue weighted by molar-refractivity contribution is 0.275. The number of hydrogen-bond donors (Lipinski definition) is 2. The Morgan fingerprint density at radius 2 is 2.24 bits per heavy atom. The van der Waals surface area contributed by atoms with Crippen LogP contribution < -0.4 is 11.1 Å². The standard InChI is InChI=1S/C13H22N4O3S/c1-21(18,19)17-6-4-11(5-7-17)9-15-13(14)16-10-12-3-2-8-20-12/h2-3,8,11H,4-7,9-10H2,1H3,(H3,14,15,16). The SMILES string of the molecule is CS(=O)(=O)N1CCC(CNC(N)=NCc2ccco2)CC1. The van der Waals surface area contributed by atoms with Gasteiger partial charge in [0.25, 0.3) is 0 Å². The second-order valence-electron chi connectivity index (χ2n) is 5.27. The fourth-order valence-corrected chi connectivity index (χ4v) is 3.19. The Hall–Kier alpha value is -1.54. The zero-order chi connectivity index (χ0) is 15.3. The van der Waals surface area contributed by atoms with Gasteiger partial charge in [-0.3, -0.25) is 0 Å². The summed E-state index contributed by atoms with van der Waals surface area (Å²) in [7, 11) is -3.06. The third kappa shape index (κ3) is 5.05. The summed E-state index contributed by atoms with van der Waals surface area (Å²) in [6.07, 6.45) is 4.53. The van der Waals surface area contributed by atoms with E-state index < -0.39 is 10.0 Å². The maximum atomic E-state index is 11.4. The molecular formula is C13H22N4O3S. The monoisotopic (exact) mass is 314 g/mol. The van der Waals surface area contributed by atoms with E-state index in [-0.39, 0.29) is 0 Å². The number of aliphatic imine (C=N–C) groups is 1. The molecule has 21 heavy (non-hydrogen) atoms. The smallest absolute Gasteiger partial charge is 0.211 e. The van der Waals surface area contributed by atoms with Crippen molar-refractivity contribution in [3.8, 4) is 0 Å². The van der Waals surface area contributed by atoms with E-state index in [0.717, 1.165) is 18.6 Å². The molecule has 118 valence electrons. The number of sulfonamides is 1. The maximum absolute atomic E-state index is 11.4. The number of hydrogen-bond acceptors (Lipinski definition) is 4. The summed E-state index contributed by atoms with van der Waals surface area (Å²) >= 11 is 0. The maximum Gasteiger partial charge on any atom is 0.211 e. The molecule has 1 fully saturated rings. The average Bonchev–Trinajstić information content (AvgIpc) is 2.95. The van der Waals surface area contributed by atoms with Crippen LogP contribution in [0.25, 0.3) is 0 Å². The highest BCUT2D eigenvalue weighted by Gasteiger charge is 2.24. The molecule has 0 atom stereocenters. The Kier molecular flexibility index (Phi) is 5.24. The van der Waals surface area contributed by atoms with Crippen molar-refractivity contribution in [2.75, 3.05) is 25.9 Å². The van der Waals surface area contributed by atoms with Crippen LogP contribution >= 0.6 is 0 Å². The van der Waals surface area contributed by atoms with Gasteiger partial charge in [-0.2, -0.15) is 0 Å². The van der Waals surface area contributed by atoms with E-state index in [9.17, 15) is 8.42 Å². The predicted octanol–water partition coefficient (Wildman–Crippen LogP) is 0.356. The van der Waals surface area contributed by atoms with Crippen LogP contribution in [0.3, 0.4) is 0 Å². The summed E-state index contributed by atoms with van der Waals surface area (Å²) in [6.45, 7) is 2.28. The Bertz CT molecular complexity index is 560. The second-order valence-corrected chi connectivity index (χ2v) is 7.25. The minimum atomic E-state index is -3.06. The molecule has 1 aromatic rings. The van der Waals surface area contributed by atoms with E-state index in [0.29, 0.717) is 38.1 Å². The zero-order valence-electron chi connectivity index (χ0n) is 12.2. The van der Waals surface area contributed by atoms with Gasteiger partial charge in [-0.1, -0.05) is 0 Å². The van der Waals surface area contributed by atoms with Crippen LogP contribution in [-0.4, -0.2) is 44.6 Å². The van der Waals surface area contributed by atoms with Gasteiger partial charge in [0.05, 0.1) is 12.5 Å². The summed E-state index contributed by atoms with van der Waals surface area (Å²) in [6, 6.07) is 3.65. The van der Waals surface area contributed by atoms with Gasteiger partial charge < -0.3 is 15.5 Å². The van der Waals surface area contributed by atoms with Gasteiger partial charge in [-0.05, 0) is 30.9 Å². The average molecular weight is 314 g/mol. The molecule has 1 aliphatic rings. The molecule has 8 heteroatoms. The van der Waals surface area contributed by atoms with Crippen LogP contribution in [0, 0.1) is 5.92 Å². The third-order valence-electron chi connectivity index (χ3n) is 3.60. The first-order chi connectivity index (χ1) is 9.95. The van der Waals surface area contributed by atoms with Crippen LogP contribution in [0.15, 0.2) is 27.8 Å². The lowest BCUT2D eigenvalue weighted by atomic mass is 9.98. The normalized spacial score (nSPS) is 18.8. The molecule has 7 nitrogen and oxygen atoms in total. The number of nitrogens with two attached hydrogens (primary N) is 1. The Morgan fingerprint density at radius 1 is 1.52 bits per heavy atom. The second kappa shape index (κ2) is 6.95. The molecule has 2 rings (SSSR count). The van der Waals surface area contributed by atoms with Crippen molar-refractivity contribution in [3.05, 3.63) is 24.2 Å². The Labute approximate surface area is 125 Å². The first kappa shape index (κ1) is 15.8. The Balaban J connectivity index is 1.71. The van der Waals surface area contributed by atoms with Gasteiger partial charge in [0, 0.05) is 19.6 Å². The number of piperidine rings is 1. The van der Waals surface area contributed by atoms with Crippen molar-refractivity contribution < 1.29 is 12.8 Å². The van der Waals surface area contributed by atoms with Crippen molar-refractivity contribution in [3.63, 3.8) is 0 Å². The molecule has 0 aromatic carbocycles. The van der Waals surface area contributed by atoms with Crippen LogP contribution in [0.4, 0.5) is 0 Å². The van der Waals surface area contributed by atoms with Crippen molar-refractivity contribution in [1.29, 1.82) is 0 Å². The van der Waals surface area contributed by atoms with E-state index in [1.165, 1.54) is 10.6 Å². The van der Waals surface area contributed by atoms with E-state index >= 15 is 0 Å². The quantitative estimate of drug-likeness (QED) is 0.603. The topological polar surface area (TPSA) is 101 Å². The summed E-state index contributed by atoms with van der Waals surface area (Å²) in [5.74, 6) is 1.57. The summed E-state index contributed by atoms with van der Waals surface area (Å²) in [5, 5.41) is 3.09. The summed E-state index contributed by atoms with van der Waals surface area (Å²) < 4.78 is 29.5. The van der Waals surface area contributed by atoms with Crippen LogP contribution in [0.1, 0.15) is 18.6 Å². The van der Waals surface area contributed by atoms with Crippen molar-refractivity contribution >= 4 is 16.0 Å². The highest BCUT2D eigenvalue weighted by atomic mass is 32.2. The molecule has 3 N–H and O–H groups in total. The number of guanidine groups is 1. The predicted molar refractivity (Wildman–Crippen MR) is 81.2 cm³/mol.